The molecular formula is C18H23ClN2O2. The Labute approximate surface area is 142 Å². The number of hydrogen-bond donors (Lipinski definition) is 2. The van der Waals surface area contributed by atoms with Crippen LogP contribution in [0.5, 0.6) is 0 Å². The highest BCUT2D eigenvalue weighted by atomic mass is 35.5. The maximum atomic E-state index is 12.3. The molecule has 2 fully saturated rings. The van der Waals surface area contributed by atoms with Crippen molar-refractivity contribution >= 4 is 29.1 Å². The highest BCUT2D eigenvalue weighted by Gasteiger charge is 2.48. The Morgan fingerprint density at radius 1 is 0.913 bits per heavy atom. The van der Waals surface area contributed by atoms with Gasteiger partial charge in [-0.3, -0.25) is 9.59 Å². The second-order valence-electron chi connectivity index (χ2n) is 6.64. The van der Waals surface area contributed by atoms with E-state index in [4.69, 9.17) is 11.6 Å². The van der Waals surface area contributed by atoms with Crippen molar-refractivity contribution in [2.24, 2.45) is 11.8 Å². The van der Waals surface area contributed by atoms with Crippen LogP contribution in [0.3, 0.4) is 0 Å². The fraction of sp³-hybridized carbons (Fsp3) is 0.556. The van der Waals surface area contributed by atoms with E-state index in [1.165, 1.54) is 25.7 Å². The standard InChI is InChI=1S/C18H23ClN2O2/c19-12-7-9-14(10-8-12)21-18(23)16-11-15(16)17(22)20-13-5-3-1-2-4-6-13/h7-10,13,15-16H,1-6,11H2,(H,20,22)(H,21,23). The molecule has 0 radical (unpaired) electrons. The molecule has 0 aromatic heterocycles. The highest BCUT2D eigenvalue weighted by molar-refractivity contribution is 6.30. The summed E-state index contributed by atoms with van der Waals surface area (Å²) in [5.74, 6) is -0.386. The van der Waals surface area contributed by atoms with Crippen molar-refractivity contribution in [1.82, 2.24) is 5.32 Å². The summed E-state index contributed by atoms with van der Waals surface area (Å²) in [6, 6.07) is 7.30. The van der Waals surface area contributed by atoms with Crippen molar-refractivity contribution < 1.29 is 9.59 Å². The van der Waals surface area contributed by atoms with Gasteiger partial charge in [0.1, 0.15) is 0 Å². The summed E-state index contributed by atoms with van der Waals surface area (Å²) in [7, 11) is 0. The molecule has 2 saturated carbocycles. The number of rotatable bonds is 4. The van der Waals surface area contributed by atoms with Crippen molar-refractivity contribution in [1.29, 1.82) is 0 Å². The van der Waals surface area contributed by atoms with Crippen LogP contribution in [0.15, 0.2) is 24.3 Å². The molecule has 4 nitrogen and oxygen atoms in total. The van der Waals surface area contributed by atoms with Crippen molar-refractivity contribution in [3.05, 3.63) is 29.3 Å². The van der Waals surface area contributed by atoms with Gasteiger partial charge in [0, 0.05) is 16.8 Å². The number of halogens is 1. The summed E-state index contributed by atoms with van der Waals surface area (Å²) in [6.45, 7) is 0. The molecule has 2 amide bonds. The molecule has 0 spiro atoms. The van der Waals surface area contributed by atoms with E-state index in [1.54, 1.807) is 24.3 Å². The second kappa shape index (κ2) is 7.35. The van der Waals surface area contributed by atoms with Gasteiger partial charge < -0.3 is 10.6 Å². The largest absolute Gasteiger partial charge is 0.353 e. The summed E-state index contributed by atoms with van der Waals surface area (Å²) in [5.41, 5.74) is 0.717. The van der Waals surface area contributed by atoms with Gasteiger partial charge in [0.05, 0.1) is 11.8 Å². The predicted octanol–water partition coefficient (Wildman–Crippen LogP) is 3.75. The van der Waals surface area contributed by atoms with Crippen LogP contribution in [0.4, 0.5) is 5.69 Å². The van der Waals surface area contributed by atoms with Gasteiger partial charge in [-0.1, -0.05) is 37.3 Å². The summed E-state index contributed by atoms with van der Waals surface area (Å²) in [5, 5.41) is 6.63. The third kappa shape index (κ3) is 4.47. The molecule has 1 aromatic rings. The summed E-state index contributed by atoms with van der Waals surface area (Å²) in [6.07, 6.45) is 7.70. The first kappa shape index (κ1) is 16.3. The molecule has 2 atom stereocenters. The number of nitrogens with one attached hydrogen (secondary N) is 2. The zero-order valence-electron chi connectivity index (χ0n) is 13.2. The maximum absolute atomic E-state index is 12.3. The minimum Gasteiger partial charge on any atom is -0.353 e. The second-order valence-corrected chi connectivity index (χ2v) is 7.08. The van der Waals surface area contributed by atoms with Gasteiger partial charge in [-0.25, -0.2) is 0 Å². The Hall–Kier alpha value is -1.55. The predicted molar refractivity (Wildman–Crippen MR) is 91.3 cm³/mol. The third-order valence-electron chi connectivity index (χ3n) is 4.78. The number of benzene rings is 1. The average Bonchev–Trinajstić information content (AvgIpc) is 3.33. The lowest BCUT2D eigenvalue weighted by molar-refractivity contribution is -0.125. The van der Waals surface area contributed by atoms with E-state index in [1.807, 2.05) is 0 Å². The quantitative estimate of drug-likeness (QED) is 0.824. The van der Waals surface area contributed by atoms with Gasteiger partial charge in [0.2, 0.25) is 11.8 Å². The van der Waals surface area contributed by atoms with Crippen molar-refractivity contribution in [2.45, 2.75) is 51.0 Å². The third-order valence-corrected chi connectivity index (χ3v) is 5.03. The smallest absolute Gasteiger partial charge is 0.228 e. The van der Waals surface area contributed by atoms with Crippen LogP contribution in [-0.2, 0) is 9.59 Å². The molecule has 2 aliphatic carbocycles. The Bertz CT molecular complexity index is 565. The molecule has 0 bridgehead atoms. The van der Waals surface area contributed by atoms with Crippen molar-refractivity contribution in [2.75, 3.05) is 5.32 Å². The van der Waals surface area contributed by atoms with E-state index < -0.39 is 0 Å². The monoisotopic (exact) mass is 334 g/mol. The fourth-order valence-electron chi connectivity index (χ4n) is 3.27. The normalized spacial score (nSPS) is 24.6. The molecule has 2 aliphatic rings. The van der Waals surface area contributed by atoms with Crippen molar-refractivity contribution in [3.63, 3.8) is 0 Å². The lowest BCUT2D eigenvalue weighted by Crippen LogP contribution is -2.36. The van der Waals surface area contributed by atoms with Gasteiger partial charge >= 0.3 is 0 Å². The van der Waals surface area contributed by atoms with Gasteiger partial charge in [-0.15, -0.1) is 0 Å². The Morgan fingerprint density at radius 2 is 1.52 bits per heavy atom. The van der Waals surface area contributed by atoms with E-state index in [0.29, 0.717) is 23.2 Å². The van der Waals surface area contributed by atoms with Gasteiger partial charge in [-0.05, 0) is 43.5 Å². The zero-order chi connectivity index (χ0) is 16.2. The van der Waals surface area contributed by atoms with E-state index in [0.717, 1.165) is 12.8 Å². The number of carbonyl (C=O) groups is 2. The molecule has 0 heterocycles. The van der Waals surface area contributed by atoms with Crippen LogP contribution in [-0.4, -0.2) is 17.9 Å². The SMILES string of the molecule is O=C(Nc1ccc(Cl)cc1)C1CC1C(=O)NC1CCCCCC1. The maximum Gasteiger partial charge on any atom is 0.228 e. The van der Waals surface area contributed by atoms with Crippen LogP contribution in [0, 0.1) is 11.8 Å². The first-order valence-corrected chi connectivity index (χ1v) is 8.88. The molecule has 1 aromatic carbocycles. The molecule has 0 aliphatic heterocycles. The van der Waals surface area contributed by atoms with Crippen LogP contribution in [0.1, 0.15) is 44.9 Å². The number of amides is 2. The van der Waals surface area contributed by atoms with E-state index in [9.17, 15) is 9.59 Å². The lowest BCUT2D eigenvalue weighted by atomic mass is 10.1. The van der Waals surface area contributed by atoms with E-state index in [-0.39, 0.29) is 23.7 Å². The Kier molecular flexibility index (Phi) is 5.21. The van der Waals surface area contributed by atoms with Crippen LogP contribution in [0.2, 0.25) is 5.02 Å². The molecule has 5 heteroatoms. The Balaban J connectivity index is 1.47. The van der Waals surface area contributed by atoms with Gasteiger partial charge in [0.25, 0.3) is 0 Å². The molecular weight excluding hydrogens is 312 g/mol. The van der Waals surface area contributed by atoms with E-state index in [2.05, 4.69) is 10.6 Å². The first-order valence-electron chi connectivity index (χ1n) is 8.50. The summed E-state index contributed by atoms with van der Waals surface area (Å²) in [4.78, 5) is 24.5. The van der Waals surface area contributed by atoms with Crippen LogP contribution >= 0.6 is 11.6 Å². The molecule has 2 N–H and O–H groups in total. The molecule has 3 rings (SSSR count). The molecule has 0 saturated heterocycles. The number of hydrogen-bond acceptors (Lipinski definition) is 2. The van der Waals surface area contributed by atoms with Gasteiger partial charge in [0.15, 0.2) is 0 Å². The summed E-state index contributed by atoms with van der Waals surface area (Å²) >= 11 is 5.83. The summed E-state index contributed by atoms with van der Waals surface area (Å²) < 4.78 is 0. The highest BCUT2D eigenvalue weighted by Crippen LogP contribution is 2.40. The Morgan fingerprint density at radius 3 is 2.17 bits per heavy atom. The molecule has 124 valence electrons. The first-order chi connectivity index (χ1) is 11.1. The number of carbonyl (C=O) groups excluding carboxylic acids is 2. The van der Waals surface area contributed by atoms with Crippen LogP contribution in [0.25, 0.3) is 0 Å². The van der Waals surface area contributed by atoms with Crippen LogP contribution < -0.4 is 10.6 Å². The zero-order valence-corrected chi connectivity index (χ0v) is 13.9. The topological polar surface area (TPSA) is 58.2 Å². The van der Waals surface area contributed by atoms with Gasteiger partial charge in [-0.2, -0.15) is 0 Å². The minimum absolute atomic E-state index is 0.0492. The minimum atomic E-state index is -0.198. The van der Waals surface area contributed by atoms with Crippen molar-refractivity contribution in [3.8, 4) is 0 Å². The van der Waals surface area contributed by atoms with E-state index >= 15 is 0 Å². The average molecular weight is 335 g/mol. The number of anilines is 1. The fourth-order valence-corrected chi connectivity index (χ4v) is 3.40. The lowest BCUT2D eigenvalue weighted by Gasteiger charge is -2.16. The molecule has 23 heavy (non-hydrogen) atoms. The molecule has 2 unspecified atom stereocenters.